The maximum Gasteiger partial charge on any atom is 0.499 e. The first-order valence-electron chi connectivity index (χ1n) is 4.00. The Morgan fingerprint density at radius 3 is 2.71 bits per heavy atom. The van der Waals surface area contributed by atoms with Crippen molar-refractivity contribution in [1.29, 1.82) is 5.26 Å². The highest BCUT2D eigenvalue weighted by atomic mass is 32.1. The molecule has 0 aliphatic carbocycles. The van der Waals surface area contributed by atoms with Gasteiger partial charge in [-0.3, -0.25) is 0 Å². The highest BCUT2D eigenvalue weighted by molar-refractivity contribution is 7.27. The summed E-state index contributed by atoms with van der Waals surface area (Å²) in [6, 6.07) is 9.01. The van der Waals surface area contributed by atoms with Crippen molar-refractivity contribution >= 4 is 33.3 Å². The van der Waals surface area contributed by atoms with Crippen molar-refractivity contribution in [3.05, 3.63) is 29.8 Å². The molecule has 0 aliphatic rings. The molecule has 0 saturated carbocycles. The highest BCUT2D eigenvalue weighted by Gasteiger charge is 2.14. The van der Waals surface area contributed by atoms with E-state index in [2.05, 4.69) is 0 Å². The van der Waals surface area contributed by atoms with Crippen LogP contribution < -0.4 is 4.78 Å². The summed E-state index contributed by atoms with van der Waals surface area (Å²) in [5.74, 6) is 0. The zero-order valence-electron chi connectivity index (χ0n) is 7.14. The third kappa shape index (κ3) is 1.51. The minimum absolute atomic E-state index is 0.495. The van der Waals surface area contributed by atoms with Gasteiger partial charge in [-0.2, -0.15) is 5.26 Å². The predicted molar refractivity (Wildman–Crippen MR) is 56.4 cm³/mol. The maximum absolute atomic E-state index is 8.95. The van der Waals surface area contributed by atoms with Crippen LogP contribution in [-0.2, 0) is 0 Å². The van der Waals surface area contributed by atoms with Gasteiger partial charge < -0.3 is 10.0 Å². The summed E-state index contributed by atoms with van der Waals surface area (Å²) >= 11 is 1.28. The zero-order valence-corrected chi connectivity index (χ0v) is 7.95. The van der Waals surface area contributed by atoms with Crippen molar-refractivity contribution in [2.45, 2.75) is 0 Å². The van der Waals surface area contributed by atoms with Gasteiger partial charge in [0.25, 0.3) is 0 Å². The van der Waals surface area contributed by atoms with Crippen molar-refractivity contribution in [2.75, 3.05) is 0 Å². The van der Waals surface area contributed by atoms with E-state index in [1.165, 1.54) is 11.3 Å². The van der Waals surface area contributed by atoms with Gasteiger partial charge in [-0.05, 0) is 23.6 Å². The lowest BCUT2D eigenvalue weighted by Crippen LogP contribution is -2.26. The van der Waals surface area contributed by atoms with Crippen molar-refractivity contribution in [1.82, 2.24) is 0 Å². The van der Waals surface area contributed by atoms with E-state index < -0.39 is 7.12 Å². The van der Waals surface area contributed by atoms with Crippen molar-refractivity contribution in [3.8, 4) is 6.07 Å². The van der Waals surface area contributed by atoms with Gasteiger partial charge in [-0.25, -0.2) is 0 Å². The number of nitriles is 1. The van der Waals surface area contributed by atoms with Gasteiger partial charge in [-0.15, -0.1) is 11.3 Å². The van der Waals surface area contributed by atoms with Crippen LogP contribution in [0.3, 0.4) is 0 Å². The Morgan fingerprint density at radius 1 is 1.29 bits per heavy atom. The quantitative estimate of drug-likeness (QED) is 0.661. The lowest BCUT2D eigenvalue weighted by molar-refractivity contribution is 0.427. The van der Waals surface area contributed by atoms with Crippen molar-refractivity contribution in [3.63, 3.8) is 0 Å². The maximum atomic E-state index is 8.95. The van der Waals surface area contributed by atoms with Gasteiger partial charge >= 0.3 is 7.12 Å². The molecule has 0 unspecified atom stereocenters. The molecular formula is C9H6BNO2S. The van der Waals surface area contributed by atoms with Crippen LogP contribution in [0.25, 0.3) is 10.1 Å². The molecule has 2 rings (SSSR count). The van der Waals surface area contributed by atoms with Crippen LogP contribution in [-0.4, -0.2) is 17.2 Å². The van der Waals surface area contributed by atoms with Crippen LogP contribution in [0.1, 0.15) is 5.56 Å². The molecule has 0 bridgehead atoms. The third-order valence-electron chi connectivity index (χ3n) is 1.92. The Labute approximate surface area is 85.0 Å². The molecule has 5 heteroatoms. The van der Waals surface area contributed by atoms with Crippen molar-refractivity contribution in [2.24, 2.45) is 0 Å². The molecule has 3 nitrogen and oxygen atoms in total. The topological polar surface area (TPSA) is 64.2 Å². The van der Waals surface area contributed by atoms with Gasteiger partial charge in [-0.1, -0.05) is 6.07 Å². The van der Waals surface area contributed by atoms with Gasteiger partial charge in [0.2, 0.25) is 0 Å². The number of nitrogens with zero attached hydrogens (tertiary/aromatic N) is 1. The number of fused-ring (bicyclic) bond motifs is 1. The van der Waals surface area contributed by atoms with E-state index in [1.54, 1.807) is 24.3 Å². The number of hydrogen-bond acceptors (Lipinski definition) is 4. The van der Waals surface area contributed by atoms with E-state index in [-0.39, 0.29) is 0 Å². The molecule has 0 saturated heterocycles. The van der Waals surface area contributed by atoms with E-state index in [4.69, 9.17) is 15.3 Å². The second-order valence-electron chi connectivity index (χ2n) is 2.89. The Bertz CT molecular complexity index is 515. The summed E-state index contributed by atoms with van der Waals surface area (Å²) in [5.41, 5.74) is 0.582. The summed E-state index contributed by atoms with van der Waals surface area (Å²) in [6.07, 6.45) is 0. The third-order valence-corrected chi connectivity index (χ3v) is 3.06. The molecule has 0 atom stereocenters. The molecule has 0 aliphatic heterocycles. The molecule has 0 fully saturated rings. The van der Waals surface area contributed by atoms with Gasteiger partial charge in [0.15, 0.2) is 0 Å². The van der Waals surface area contributed by atoms with E-state index in [9.17, 15) is 0 Å². The number of benzene rings is 1. The first kappa shape index (κ1) is 9.22. The van der Waals surface area contributed by atoms with Crippen LogP contribution in [0, 0.1) is 11.3 Å². The number of hydrogen-bond donors (Lipinski definition) is 2. The fourth-order valence-corrected chi connectivity index (χ4v) is 2.22. The van der Waals surface area contributed by atoms with Gasteiger partial charge in [0, 0.05) is 9.48 Å². The van der Waals surface area contributed by atoms with E-state index in [0.717, 1.165) is 10.1 Å². The standard InChI is InChI=1S/C9H6BNO2S/c11-5-6-1-2-7-4-9(10(12)13)14-8(7)3-6/h1-4,12-13H. The molecule has 1 heterocycles. The molecule has 0 radical (unpaired) electrons. The van der Waals surface area contributed by atoms with Gasteiger partial charge in [0.05, 0.1) is 11.6 Å². The van der Waals surface area contributed by atoms with E-state index >= 15 is 0 Å². The van der Waals surface area contributed by atoms with Crippen molar-refractivity contribution < 1.29 is 10.0 Å². The largest absolute Gasteiger partial charge is 0.499 e. The molecule has 2 N–H and O–H groups in total. The first-order valence-corrected chi connectivity index (χ1v) is 4.82. The molecule has 0 spiro atoms. The van der Waals surface area contributed by atoms with Crippen LogP contribution >= 0.6 is 11.3 Å². The van der Waals surface area contributed by atoms with Crippen LogP contribution in [0.5, 0.6) is 0 Å². The first-order chi connectivity index (χ1) is 6.70. The second kappa shape index (κ2) is 3.43. The SMILES string of the molecule is N#Cc1ccc2cc(B(O)O)sc2c1. The summed E-state index contributed by atoms with van der Waals surface area (Å²) < 4.78 is 1.39. The summed E-state index contributed by atoms with van der Waals surface area (Å²) in [5, 5.41) is 27.5. The molecule has 14 heavy (non-hydrogen) atoms. The summed E-state index contributed by atoms with van der Waals surface area (Å²) in [6.45, 7) is 0. The van der Waals surface area contributed by atoms with Gasteiger partial charge in [0.1, 0.15) is 0 Å². The summed E-state index contributed by atoms with van der Waals surface area (Å²) in [7, 11) is -1.43. The lowest BCUT2D eigenvalue weighted by Gasteiger charge is -1.88. The Kier molecular flexibility index (Phi) is 2.26. The Morgan fingerprint density at radius 2 is 2.07 bits per heavy atom. The minimum atomic E-state index is -1.43. The molecule has 1 aromatic heterocycles. The molecule has 68 valence electrons. The van der Waals surface area contributed by atoms with Crippen LogP contribution in [0.2, 0.25) is 0 Å². The smallest absolute Gasteiger partial charge is 0.423 e. The minimum Gasteiger partial charge on any atom is -0.423 e. The van der Waals surface area contributed by atoms with Crippen LogP contribution in [0.4, 0.5) is 0 Å². The molecule has 2 aromatic rings. The van der Waals surface area contributed by atoms with E-state index in [0.29, 0.717) is 10.3 Å². The Balaban J connectivity index is 2.61. The zero-order chi connectivity index (χ0) is 10.1. The average Bonchev–Trinajstić information content (AvgIpc) is 2.59. The fourth-order valence-electron chi connectivity index (χ4n) is 1.25. The van der Waals surface area contributed by atoms with Crippen LogP contribution in [0.15, 0.2) is 24.3 Å². The predicted octanol–water partition coefficient (Wildman–Crippen LogP) is 0.453. The molecular weight excluding hydrogens is 197 g/mol. The Hall–Kier alpha value is -1.35. The second-order valence-corrected chi connectivity index (χ2v) is 4.00. The fraction of sp³-hybridized carbons (Fsp3) is 0. The monoisotopic (exact) mass is 203 g/mol. The van der Waals surface area contributed by atoms with E-state index in [1.807, 2.05) is 6.07 Å². The summed E-state index contributed by atoms with van der Waals surface area (Å²) in [4.78, 5) is 0. The normalized spacial score (nSPS) is 10.1. The number of rotatable bonds is 1. The molecule has 0 amide bonds. The molecule has 1 aromatic carbocycles. The number of thiophene rings is 1. The average molecular weight is 203 g/mol. The lowest BCUT2D eigenvalue weighted by atomic mass is 9.89. The highest BCUT2D eigenvalue weighted by Crippen LogP contribution is 2.20.